The van der Waals surface area contributed by atoms with Gasteiger partial charge in [-0.05, 0) is 31.6 Å². The zero-order valence-electron chi connectivity index (χ0n) is 8.08. The summed E-state index contributed by atoms with van der Waals surface area (Å²) in [5.41, 5.74) is 0. The first-order valence-corrected chi connectivity index (χ1v) is 5.02. The van der Waals surface area contributed by atoms with E-state index < -0.39 is 5.91 Å². The molecule has 0 aromatic rings. The molecular formula is C10H17NO2. The van der Waals surface area contributed by atoms with Gasteiger partial charge >= 0.3 is 0 Å². The van der Waals surface area contributed by atoms with E-state index in [1.807, 2.05) is 0 Å². The van der Waals surface area contributed by atoms with Gasteiger partial charge in [0.25, 0.3) is 5.91 Å². The van der Waals surface area contributed by atoms with Crippen LogP contribution in [0.2, 0.25) is 0 Å². The van der Waals surface area contributed by atoms with Crippen LogP contribution in [0.25, 0.3) is 0 Å². The van der Waals surface area contributed by atoms with Crippen LogP contribution in [-0.4, -0.2) is 18.2 Å². The van der Waals surface area contributed by atoms with Gasteiger partial charge in [-0.15, -0.1) is 0 Å². The molecule has 0 aromatic carbocycles. The van der Waals surface area contributed by atoms with Crippen LogP contribution < -0.4 is 5.32 Å². The van der Waals surface area contributed by atoms with E-state index in [-0.39, 0.29) is 6.04 Å². The van der Waals surface area contributed by atoms with Crippen LogP contribution in [0.5, 0.6) is 0 Å². The Bertz CT molecular complexity index is 183. The highest BCUT2D eigenvalue weighted by atomic mass is 16.2. The maximum absolute atomic E-state index is 10.8. The van der Waals surface area contributed by atoms with Crippen LogP contribution in [0.3, 0.4) is 0 Å². The Morgan fingerprint density at radius 3 is 2.46 bits per heavy atom. The van der Waals surface area contributed by atoms with E-state index in [0.29, 0.717) is 6.29 Å². The maximum atomic E-state index is 10.8. The lowest BCUT2D eigenvalue weighted by molar-refractivity contribution is -0.132. The van der Waals surface area contributed by atoms with Gasteiger partial charge in [-0.2, -0.15) is 0 Å². The maximum Gasteiger partial charge on any atom is 0.284 e. The number of hydrogen-bond acceptors (Lipinski definition) is 2. The molecule has 74 valence electrons. The van der Waals surface area contributed by atoms with Crippen molar-refractivity contribution in [1.29, 1.82) is 0 Å². The number of carbonyl (C=O) groups excluding carboxylic acids is 2. The Balaban J connectivity index is 2.24. The van der Waals surface area contributed by atoms with Crippen LogP contribution in [0.1, 0.15) is 39.0 Å². The zero-order chi connectivity index (χ0) is 9.68. The summed E-state index contributed by atoms with van der Waals surface area (Å²) in [4.78, 5) is 20.8. The Hall–Kier alpha value is -0.860. The first-order valence-electron chi connectivity index (χ1n) is 5.02. The minimum absolute atomic E-state index is 0.237. The molecule has 13 heavy (non-hydrogen) atoms. The highest BCUT2D eigenvalue weighted by Gasteiger charge is 2.20. The number of rotatable bonds is 3. The molecule has 0 radical (unpaired) electrons. The Morgan fingerprint density at radius 1 is 1.38 bits per heavy atom. The minimum atomic E-state index is -0.472. The molecule has 0 aliphatic heterocycles. The van der Waals surface area contributed by atoms with Crippen molar-refractivity contribution in [3.8, 4) is 0 Å². The fourth-order valence-electron chi connectivity index (χ4n) is 1.95. The molecule has 1 aliphatic carbocycles. The van der Waals surface area contributed by atoms with Crippen molar-refractivity contribution in [3.63, 3.8) is 0 Å². The van der Waals surface area contributed by atoms with Crippen LogP contribution in [0.4, 0.5) is 0 Å². The van der Waals surface area contributed by atoms with Crippen molar-refractivity contribution >= 4 is 12.2 Å². The fourth-order valence-corrected chi connectivity index (χ4v) is 1.95. The summed E-state index contributed by atoms with van der Waals surface area (Å²) in [5.74, 6) is 0.351. The lowest BCUT2D eigenvalue weighted by Gasteiger charge is -2.27. The molecule has 1 aliphatic rings. The standard InChI is InChI=1S/C10H17NO2/c1-2-8-3-5-9(6-4-8)11-10(13)7-12/h7-9H,2-6H2,1H3,(H,11,13). The summed E-state index contributed by atoms with van der Waals surface area (Å²) < 4.78 is 0. The molecular weight excluding hydrogens is 166 g/mol. The molecule has 1 saturated carbocycles. The molecule has 0 spiro atoms. The lowest BCUT2D eigenvalue weighted by atomic mass is 9.84. The lowest BCUT2D eigenvalue weighted by Crippen LogP contribution is -2.38. The summed E-state index contributed by atoms with van der Waals surface area (Å²) in [6.07, 6.45) is 6.00. The molecule has 0 saturated heterocycles. The van der Waals surface area contributed by atoms with Gasteiger partial charge in [-0.1, -0.05) is 13.3 Å². The van der Waals surface area contributed by atoms with E-state index in [1.165, 1.54) is 19.3 Å². The van der Waals surface area contributed by atoms with Crippen molar-refractivity contribution in [2.45, 2.75) is 45.1 Å². The number of aldehydes is 1. The average Bonchev–Trinajstić information content (AvgIpc) is 2.19. The number of hydrogen-bond donors (Lipinski definition) is 1. The van der Waals surface area contributed by atoms with Gasteiger partial charge in [-0.25, -0.2) is 0 Å². The normalized spacial score (nSPS) is 28.1. The summed E-state index contributed by atoms with van der Waals surface area (Å²) in [7, 11) is 0. The third kappa shape index (κ3) is 3.17. The zero-order valence-corrected chi connectivity index (χ0v) is 8.08. The van der Waals surface area contributed by atoms with Gasteiger partial charge in [0.2, 0.25) is 6.29 Å². The van der Waals surface area contributed by atoms with E-state index >= 15 is 0 Å². The van der Waals surface area contributed by atoms with Crippen molar-refractivity contribution in [3.05, 3.63) is 0 Å². The summed E-state index contributed by atoms with van der Waals surface area (Å²) in [5, 5.41) is 2.71. The summed E-state index contributed by atoms with van der Waals surface area (Å²) >= 11 is 0. The van der Waals surface area contributed by atoms with Gasteiger partial charge < -0.3 is 5.32 Å². The van der Waals surface area contributed by atoms with E-state index in [1.54, 1.807) is 0 Å². The largest absolute Gasteiger partial charge is 0.347 e. The fraction of sp³-hybridized carbons (Fsp3) is 0.800. The molecule has 1 N–H and O–H groups in total. The average molecular weight is 183 g/mol. The van der Waals surface area contributed by atoms with Gasteiger partial charge in [0.15, 0.2) is 0 Å². The van der Waals surface area contributed by atoms with E-state index in [4.69, 9.17) is 0 Å². The number of amides is 1. The van der Waals surface area contributed by atoms with Gasteiger partial charge in [-0.3, -0.25) is 9.59 Å². The molecule has 1 amide bonds. The Kier molecular flexibility index (Phi) is 3.93. The van der Waals surface area contributed by atoms with Crippen LogP contribution in [0, 0.1) is 5.92 Å². The van der Waals surface area contributed by atoms with Crippen LogP contribution in [-0.2, 0) is 9.59 Å². The van der Waals surface area contributed by atoms with Crippen LogP contribution >= 0.6 is 0 Å². The van der Waals surface area contributed by atoms with Crippen molar-refractivity contribution in [2.75, 3.05) is 0 Å². The van der Waals surface area contributed by atoms with E-state index in [2.05, 4.69) is 12.2 Å². The number of carbonyl (C=O) groups is 2. The smallest absolute Gasteiger partial charge is 0.284 e. The monoisotopic (exact) mass is 183 g/mol. The van der Waals surface area contributed by atoms with E-state index in [0.717, 1.165) is 18.8 Å². The molecule has 1 rings (SSSR count). The second-order valence-corrected chi connectivity index (χ2v) is 3.75. The Labute approximate surface area is 78.9 Å². The molecule has 3 heteroatoms. The molecule has 0 atom stereocenters. The van der Waals surface area contributed by atoms with Gasteiger partial charge in [0.05, 0.1) is 0 Å². The molecule has 0 heterocycles. The van der Waals surface area contributed by atoms with Crippen LogP contribution in [0.15, 0.2) is 0 Å². The minimum Gasteiger partial charge on any atom is -0.347 e. The van der Waals surface area contributed by atoms with Gasteiger partial charge in [0, 0.05) is 6.04 Å². The first-order chi connectivity index (χ1) is 6.26. The third-order valence-electron chi connectivity index (χ3n) is 2.88. The second kappa shape index (κ2) is 5.00. The highest BCUT2D eigenvalue weighted by molar-refractivity contribution is 6.23. The summed E-state index contributed by atoms with van der Waals surface area (Å²) in [6, 6.07) is 0.237. The first kappa shape index (κ1) is 10.2. The molecule has 0 aromatic heterocycles. The Morgan fingerprint density at radius 2 is 2.00 bits per heavy atom. The van der Waals surface area contributed by atoms with Gasteiger partial charge in [0.1, 0.15) is 0 Å². The third-order valence-corrected chi connectivity index (χ3v) is 2.88. The van der Waals surface area contributed by atoms with Crippen molar-refractivity contribution in [1.82, 2.24) is 5.32 Å². The molecule has 0 bridgehead atoms. The molecule has 1 fully saturated rings. The molecule has 0 unspecified atom stereocenters. The SMILES string of the molecule is CCC1CCC(NC(=O)C=O)CC1. The predicted octanol–water partition coefficient (Wildman–Crippen LogP) is 1.27. The molecule has 3 nitrogen and oxygen atoms in total. The van der Waals surface area contributed by atoms with Crippen molar-refractivity contribution < 1.29 is 9.59 Å². The van der Waals surface area contributed by atoms with E-state index in [9.17, 15) is 9.59 Å². The van der Waals surface area contributed by atoms with Crippen molar-refractivity contribution in [2.24, 2.45) is 5.92 Å². The quantitative estimate of drug-likeness (QED) is 0.529. The summed E-state index contributed by atoms with van der Waals surface area (Å²) in [6.45, 7) is 2.20. The second-order valence-electron chi connectivity index (χ2n) is 3.75. The topological polar surface area (TPSA) is 46.2 Å². The highest BCUT2D eigenvalue weighted by Crippen LogP contribution is 2.26. The number of nitrogens with one attached hydrogen (secondary N) is 1. The predicted molar refractivity (Wildman–Crippen MR) is 50.2 cm³/mol.